The third kappa shape index (κ3) is 3.61. The summed E-state index contributed by atoms with van der Waals surface area (Å²) < 4.78 is 3.19. The maximum Gasteiger partial charge on any atom is 0.127 e. The molecule has 0 aliphatic rings. The number of benzene rings is 1. The molecular formula is C15H21BrN4. The maximum atomic E-state index is 4.36. The molecule has 0 fully saturated rings. The van der Waals surface area contributed by atoms with Crippen molar-refractivity contribution >= 4 is 21.6 Å². The van der Waals surface area contributed by atoms with Gasteiger partial charge >= 0.3 is 0 Å². The molecule has 1 heterocycles. The van der Waals surface area contributed by atoms with E-state index in [1.807, 2.05) is 24.0 Å². The van der Waals surface area contributed by atoms with Crippen molar-refractivity contribution in [1.82, 2.24) is 14.9 Å². The molecule has 5 heteroatoms. The molecule has 0 unspecified atom stereocenters. The van der Waals surface area contributed by atoms with Gasteiger partial charge in [-0.15, -0.1) is 0 Å². The predicted molar refractivity (Wildman–Crippen MR) is 86.8 cm³/mol. The summed E-state index contributed by atoms with van der Waals surface area (Å²) in [4.78, 5) is 6.56. The Morgan fingerprint density at radius 3 is 2.80 bits per heavy atom. The Bertz CT molecular complexity index is 565. The lowest BCUT2D eigenvalue weighted by Crippen LogP contribution is -2.19. The SMILES string of the molecule is CCNCc1ccc(N(C)Cc2nccn2C)cc1Br. The standard InChI is InChI=1S/C15H21BrN4/c1-4-17-10-12-5-6-13(9-14(12)16)20(3)11-15-18-7-8-19(15)2/h5-9,17H,4,10-11H2,1-3H3. The van der Waals surface area contributed by atoms with E-state index < -0.39 is 0 Å². The highest BCUT2D eigenvalue weighted by Gasteiger charge is 2.08. The van der Waals surface area contributed by atoms with Crippen LogP contribution < -0.4 is 10.2 Å². The molecule has 108 valence electrons. The van der Waals surface area contributed by atoms with Crippen LogP contribution in [-0.2, 0) is 20.1 Å². The van der Waals surface area contributed by atoms with Gasteiger partial charge in [0.15, 0.2) is 0 Å². The van der Waals surface area contributed by atoms with Crippen LogP contribution in [0.2, 0.25) is 0 Å². The van der Waals surface area contributed by atoms with Crippen molar-refractivity contribution in [1.29, 1.82) is 0 Å². The molecule has 20 heavy (non-hydrogen) atoms. The minimum Gasteiger partial charge on any atom is -0.367 e. The minimum atomic E-state index is 0.794. The molecule has 0 aliphatic carbocycles. The van der Waals surface area contributed by atoms with Crippen LogP contribution in [0.15, 0.2) is 35.1 Å². The zero-order valence-corrected chi connectivity index (χ0v) is 13.8. The van der Waals surface area contributed by atoms with Gasteiger partial charge in [0, 0.05) is 43.2 Å². The Kier molecular flexibility index (Phi) is 5.20. The van der Waals surface area contributed by atoms with Gasteiger partial charge in [-0.25, -0.2) is 4.98 Å². The second kappa shape index (κ2) is 6.90. The Balaban J connectivity index is 2.08. The maximum absolute atomic E-state index is 4.36. The van der Waals surface area contributed by atoms with E-state index in [9.17, 15) is 0 Å². The Labute approximate surface area is 128 Å². The lowest BCUT2D eigenvalue weighted by atomic mass is 10.2. The highest BCUT2D eigenvalue weighted by Crippen LogP contribution is 2.24. The molecular weight excluding hydrogens is 316 g/mol. The van der Waals surface area contributed by atoms with E-state index in [1.165, 1.54) is 11.3 Å². The first-order valence-corrected chi connectivity index (χ1v) is 7.57. The van der Waals surface area contributed by atoms with Gasteiger partial charge in [-0.3, -0.25) is 0 Å². The summed E-state index contributed by atoms with van der Waals surface area (Å²) in [5.74, 6) is 1.06. The van der Waals surface area contributed by atoms with Gasteiger partial charge < -0.3 is 14.8 Å². The second-order valence-corrected chi connectivity index (χ2v) is 5.72. The van der Waals surface area contributed by atoms with Crippen molar-refractivity contribution in [2.24, 2.45) is 7.05 Å². The summed E-state index contributed by atoms with van der Waals surface area (Å²) in [6, 6.07) is 6.48. The smallest absolute Gasteiger partial charge is 0.127 e. The molecule has 1 N–H and O–H groups in total. The highest BCUT2D eigenvalue weighted by molar-refractivity contribution is 9.10. The zero-order chi connectivity index (χ0) is 14.5. The monoisotopic (exact) mass is 336 g/mol. The fourth-order valence-electron chi connectivity index (χ4n) is 2.03. The number of rotatable bonds is 6. The van der Waals surface area contributed by atoms with E-state index in [-0.39, 0.29) is 0 Å². The molecule has 0 spiro atoms. The Hall–Kier alpha value is -1.33. The first kappa shape index (κ1) is 15.1. The van der Waals surface area contributed by atoms with Crippen molar-refractivity contribution < 1.29 is 0 Å². The summed E-state index contributed by atoms with van der Waals surface area (Å²) in [6.45, 7) is 4.78. The second-order valence-electron chi connectivity index (χ2n) is 4.87. The van der Waals surface area contributed by atoms with Gasteiger partial charge in [0.1, 0.15) is 5.82 Å². The van der Waals surface area contributed by atoms with Crippen LogP contribution in [0.1, 0.15) is 18.3 Å². The van der Waals surface area contributed by atoms with E-state index in [0.29, 0.717) is 0 Å². The largest absolute Gasteiger partial charge is 0.367 e. The summed E-state index contributed by atoms with van der Waals surface area (Å²) in [6.07, 6.45) is 3.80. The van der Waals surface area contributed by atoms with Gasteiger partial charge in [0.25, 0.3) is 0 Å². The summed E-state index contributed by atoms with van der Waals surface area (Å²) >= 11 is 3.65. The molecule has 0 atom stereocenters. The number of imidazole rings is 1. The third-order valence-corrected chi connectivity index (χ3v) is 4.08. The molecule has 0 aliphatic heterocycles. The first-order chi connectivity index (χ1) is 9.61. The average molecular weight is 337 g/mol. The van der Waals surface area contributed by atoms with Crippen LogP contribution in [0.25, 0.3) is 0 Å². The highest BCUT2D eigenvalue weighted by atomic mass is 79.9. The van der Waals surface area contributed by atoms with Crippen LogP contribution >= 0.6 is 15.9 Å². The number of aryl methyl sites for hydroxylation is 1. The van der Waals surface area contributed by atoms with Gasteiger partial charge in [-0.05, 0) is 24.2 Å². The molecule has 0 radical (unpaired) electrons. The van der Waals surface area contributed by atoms with Crippen molar-refractivity contribution in [2.75, 3.05) is 18.5 Å². The van der Waals surface area contributed by atoms with Gasteiger partial charge in [0.2, 0.25) is 0 Å². The minimum absolute atomic E-state index is 0.794. The topological polar surface area (TPSA) is 33.1 Å². The molecule has 2 rings (SSSR count). The number of nitrogens with one attached hydrogen (secondary N) is 1. The van der Waals surface area contributed by atoms with Crippen molar-refractivity contribution in [2.45, 2.75) is 20.0 Å². The van der Waals surface area contributed by atoms with Gasteiger partial charge in [-0.1, -0.05) is 28.9 Å². The van der Waals surface area contributed by atoms with Gasteiger partial charge in [-0.2, -0.15) is 0 Å². The first-order valence-electron chi connectivity index (χ1n) is 6.78. The van der Waals surface area contributed by atoms with E-state index in [2.05, 4.69) is 63.3 Å². The number of hydrogen-bond donors (Lipinski definition) is 1. The van der Waals surface area contributed by atoms with Crippen LogP contribution in [0, 0.1) is 0 Å². The lowest BCUT2D eigenvalue weighted by Gasteiger charge is -2.20. The average Bonchev–Trinajstić information content (AvgIpc) is 2.83. The molecule has 0 amide bonds. The number of hydrogen-bond acceptors (Lipinski definition) is 3. The molecule has 2 aromatic rings. The fourth-order valence-corrected chi connectivity index (χ4v) is 2.54. The third-order valence-electron chi connectivity index (χ3n) is 3.34. The van der Waals surface area contributed by atoms with Crippen LogP contribution in [0.3, 0.4) is 0 Å². The summed E-state index contributed by atoms with van der Waals surface area (Å²) in [7, 11) is 4.10. The molecule has 1 aromatic carbocycles. The normalized spacial score (nSPS) is 10.8. The summed E-state index contributed by atoms with van der Waals surface area (Å²) in [5, 5.41) is 3.34. The number of halogens is 1. The van der Waals surface area contributed by atoms with E-state index in [1.54, 1.807) is 0 Å². The van der Waals surface area contributed by atoms with Crippen molar-refractivity contribution in [3.63, 3.8) is 0 Å². The van der Waals surface area contributed by atoms with Crippen molar-refractivity contribution in [3.05, 3.63) is 46.5 Å². The van der Waals surface area contributed by atoms with Gasteiger partial charge in [0.05, 0.1) is 6.54 Å². The lowest BCUT2D eigenvalue weighted by molar-refractivity contribution is 0.724. The molecule has 1 aromatic heterocycles. The van der Waals surface area contributed by atoms with E-state index in [4.69, 9.17) is 0 Å². The Morgan fingerprint density at radius 1 is 1.40 bits per heavy atom. The Morgan fingerprint density at radius 2 is 2.20 bits per heavy atom. The number of nitrogens with zero attached hydrogens (tertiary/aromatic N) is 3. The quantitative estimate of drug-likeness (QED) is 0.880. The van der Waals surface area contributed by atoms with E-state index in [0.717, 1.165) is 29.9 Å². The fraction of sp³-hybridized carbons (Fsp3) is 0.400. The molecule has 4 nitrogen and oxygen atoms in total. The van der Waals surface area contributed by atoms with Crippen LogP contribution in [0.4, 0.5) is 5.69 Å². The molecule has 0 bridgehead atoms. The van der Waals surface area contributed by atoms with Crippen molar-refractivity contribution in [3.8, 4) is 0 Å². The van der Waals surface area contributed by atoms with E-state index >= 15 is 0 Å². The summed E-state index contributed by atoms with van der Waals surface area (Å²) in [5.41, 5.74) is 2.46. The zero-order valence-electron chi connectivity index (χ0n) is 12.2. The number of anilines is 1. The predicted octanol–water partition coefficient (Wildman–Crippen LogP) is 2.93. The van der Waals surface area contributed by atoms with Crippen LogP contribution in [-0.4, -0.2) is 23.1 Å². The van der Waals surface area contributed by atoms with Crippen LogP contribution in [0.5, 0.6) is 0 Å². The number of aromatic nitrogens is 2. The molecule has 0 saturated heterocycles. The molecule has 0 saturated carbocycles.